The summed E-state index contributed by atoms with van der Waals surface area (Å²) in [6, 6.07) is -0.0979. The van der Waals surface area contributed by atoms with Crippen molar-refractivity contribution in [3.63, 3.8) is 0 Å². The number of nitrogens with two attached hydrogens (primary N) is 1. The summed E-state index contributed by atoms with van der Waals surface area (Å²) in [4.78, 5) is 20.1. The van der Waals surface area contributed by atoms with E-state index in [4.69, 9.17) is 15.4 Å². The second-order valence-electron chi connectivity index (χ2n) is 5.04. The van der Waals surface area contributed by atoms with Crippen LogP contribution in [0.15, 0.2) is 16.0 Å². The fourth-order valence-electron chi connectivity index (χ4n) is 2.61. The summed E-state index contributed by atoms with van der Waals surface area (Å²) in [5.74, 6) is 0.372. The van der Waals surface area contributed by atoms with Crippen molar-refractivity contribution in [2.45, 2.75) is 26.3 Å². The highest BCUT2D eigenvalue weighted by molar-refractivity contribution is 5.92. The monoisotopic (exact) mass is 295 g/mol. The Hall–Kier alpha value is -2.09. The highest BCUT2D eigenvalue weighted by Crippen LogP contribution is 2.14. The Balaban J connectivity index is 1.97. The lowest BCUT2D eigenvalue weighted by molar-refractivity contribution is 0.0577. The Labute approximate surface area is 123 Å². The summed E-state index contributed by atoms with van der Waals surface area (Å²) in [6.45, 7) is 6.24. The molecule has 1 aliphatic heterocycles. The van der Waals surface area contributed by atoms with E-state index < -0.39 is 0 Å². The molecular formula is C13H21N5O3. The third-order valence-electron chi connectivity index (χ3n) is 3.83. The molecule has 2 rings (SSSR count). The molecule has 1 amide bonds. The highest BCUT2D eigenvalue weighted by atomic mass is 16.4. The molecule has 1 saturated heterocycles. The number of aromatic nitrogens is 1. The summed E-state index contributed by atoms with van der Waals surface area (Å²) in [7, 11) is 0. The number of carbonyl (C=O) groups excluding carboxylic acids is 1. The minimum absolute atomic E-state index is 0.0979. The molecule has 21 heavy (non-hydrogen) atoms. The third-order valence-corrected chi connectivity index (χ3v) is 3.83. The van der Waals surface area contributed by atoms with Crippen molar-refractivity contribution in [1.82, 2.24) is 14.8 Å². The first-order valence-corrected chi connectivity index (χ1v) is 6.99. The van der Waals surface area contributed by atoms with Crippen LogP contribution < -0.4 is 5.73 Å². The number of amidine groups is 1. The van der Waals surface area contributed by atoms with E-state index in [9.17, 15) is 4.79 Å². The zero-order valence-electron chi connectivity index (χ0n) is 12.3. The molecule has 116 valence electrons. The smallest absolute Gasteiger partial charge is 0.291 e. The molecule has 8 heteroatoms. The van der Waals surface area contributed by atoms with Crippen molar-refractivity contribution in [3.8, 4) is 0 Å². The molecule has 0 aromatic carbocycles. The van der Waals surface area contributed by atoms with Gasteiger partial charge in [-0.15, -0.1) is 0 Å². The van der Waals surface area contributed by atoms with Crippen molar-refractivity contribution in [1.29, 1.82) is 0 Å². The average molecular weight is 295 g/mol. The molecule has 8 nitrogen and oxygen atoms in total. The molecule has 2 heterocycles. The van der Waals surface area contributed by atoms with Crippen LogP contribution in [0.5, 0.6) is 0 Å². The van der Waals surface area contributed by atoms with Gasteiger partial charge >= 0.3 is 0 Å². The molecule has 1 aromatic rings. The second kappa shape index (κ2) is 6.57. The first kappa shape index (κ1) is 15.3. The Kier molecular flexibility index (Phi) is 4.79. The molecule has 0 saturated carbocycles. The van der Waals surface area contributed by atoms with Crippen LogP contribution in [0.2, 0.25) is 0 Å². The Morgan fingerprint density at radius 3 is 2.67 bits per heavy atom. The maximum atomic E-state index is 12.3. The predicted octanol–water partition coefficient (Wildman–Crippen LogP) is 0.266. The lowest BCUT2D eigenvalue weighted by Gasteiger charge is -2.38. The number of hydrogen-bond donors (Lipinski definition) is 2. The lowest BCUT2D eigenvalue weighted by Crippen LogP contribution is -2.55. The zero-order valence-corrected chi connectivity index (χ0v) is 12.3. The minimum atomic E-state index is -0.138. The van der Waals surface area contributed by atoms with E-state index in [0.29, 0.717) is 37.6 Å². The highest BCUT2D eigenvalue weighted by Gasteiger charge is 2.29. The van der Waals surface area contributed by atoms with Gasteiger partial charge in [0.2, 0.25) is 5.76 Å². The molecule has 3 N–H and O–H groups in total. The number of aryl methyl sites for hydroxylation is 1. The van der Waals surface area contributed by atoms with Crippen LogP contribution in [0.1, 0.15) is 29.6 Å². The molecule has 0 bridgehead atoms. The topological polar surface area (TPSA) is 108 Å². The molecule has 1 aromatic heterocycles. The number of hydrogen-bond acceptors (Lipinski definition) is 6. The lowest BCUT2D eigenvalue weighted by atomic mass is 10.1. The molecule has 1 unspecified atom stereocenters. The van der Waals surface area contributed by atoms with Crippen molar-refractivity contribution < 1.29 is 14.4 Å². The van der Waals surface area contributed by atoms with Gasteiger partial charge < -0.3 is 20.3 Å². The van der Waals surface area contributed by atoms with E-state index in [0.717, 1.165) is 6.42 Å². The number of carbonyl (C=O) groups is 1. The normalized spacial score (nSPS) is 18.8. The average Bonchev–Trinajstić information content (AvgIpc) is 2.94. The number of piperazine rings is 1. The van der Waals surface area contributed by atoms with Crippen molar-refractivity contribution in [2.24, 2.45) is 10.9 Å². The third kappa shape index (κ3) is 3.15. The molecule has 0 aliphatic carbocycles. The van der Waals surface area contributed by atoms with E-state index >= 15 is 0 Å². The van der Waals surface area contributed by atoms with Gasteiger partial charge in [-0.2, -0.15) is 0 Å². The van der Waals surface area contributed by atoms with E-state index in [1.165, 1.54) is 6.39 Å². The fourth-order valence-corrected chi connectivity index (χ4v) is 2.61. The van der Waals surface area contributed by atoms with Crippen LogP contribution in [-0.4, -0.2) is 64.0 Å². The SMILES string of the molecule is CCC(C(N)=NO)N1CCN(C(=O)c2ocnc2C)CC1. The van der Waals surface area contributed by atoms with Gasteiger partial charge in [0.15, 0.2) is 12.2 Å². The summed E-state index contributed by atoms with van der Waals surface area (Å²) < 4.78 is 5.14. The molecule has 0 spiro atoms. The second-order valence-corrected chi connectivity index (χ2v) is 5.04. The zero-order chi connectivity index (χ0) is 15.4. The van der Waals surface area contributed by atoms with Gasteiger partial charge in [0, 0.05) is 26.2 Å². The quantitative estimate of drug-likeness (QED) is 0.357. The van der Waals surface area contributed by atoms with Crippen LogP contribution in [0.4, 0.5) is 0 Å². The maximum absolute atomic E-state index is 12.3. The van der Waals surface area contributed by atoms with Crippen LogP contribution in [0.3, 0.4) is 0 Å². The predicted molar refractivity (Wildman–Crippen MR) is 76.2 cm³/mol. The Bertz CT molecular complexity index is 520. The summed E-state index contributed by atoms with van der Waals surface area (Å²) in [5.41, 5.74) is 6.31. The van der Waals surface area contributed by atoms with E-state index in [1.54, 1.807) is 11.8 Å². The van der Waals surface area contributed by atoms with Gasteiger partial charge in [-0.05, 0) is 13.3 Å². The largest absolute Gasteiger partial charge is 0.438 e. The van der Waals surface area contributed by atoms with Crippen LogP contribution >= 0.6 is 0 Å². The summed E-state index contributed by atoms with van der Waals surface area (Å²) in [6.07, 6.45) is 2.04. The van der Waals surface area contributed by atoms with Gasteiger partial charge in [-0.3, -0.25) is 9.69 Å². The molecule has 0 radical (unpaired) electrons. The van der Waals surface area contributed by atoms with Crippen molar-refractivity contribution in [2.75, 3.05) is 26.2 Å². The van der Waals surface area contributed by atoms with Gasteiger partial charge in [0.1, 0.15) is 0 Å². The maximum Gasteiger partial charge on any atom is 0.291 e. The first-order valence-electron chi connectivity index (χ1n) is 6.99. The van der Waals surface area contributed by atoms with Crippen molar-refractivity contribution in [3.05, 3.63) is 17.8 Å². The Morgan fingerprint density at radius 1 is 1.52 bits per heavy atom. The van der Waals surface area contributed by atoms with E-state index in [2.05, 4.69) is 15.0 Å². The van der Waals surface area contributed by atoms with Crippen LogP contribution in [0.25, 0.3) is 0 Å². The molecule has 1 aliphatic rings. The standard InChI is InChI=1S/C13H21N5O3/c1-3-10(12(14)16-20)17-4-6-18(7-5-17)13(19)11-9(2)15-8-21-11/h8,10,20H,3-7H2,1-2H3,(H2,14,16). The minimum Gasteiger partial charge on any atom is -0.438 e. The number of amides is 1. The van der Waals surface area contributed by atoms with Gasteiger partial charge in [-0.1, -0.05) is 12.1 Å². The number of rotatable bonds is 4. The molecular weight excluding hydrogens is 274 g/mol. The first-order chi connectivity index (χ1) is 10.1. The van der Waals surface area contributed by atoms with Gasteiger partial charge in [0.05, 0.1) is 11.7 Å². The van der Waals surface area contributed by atoms with Crippen LogP contribution in [-0.2, 0) is 0 Å². The summed E-state index contributed by atoms with van der Waals surface area (Å²) >= 11 is 0. The van der Waals surface area contributed by atoms with Crippen LogP contribution in [0, 0.1) is 6.92 Å². The summed E-state index contributed by atoms with van der Waals surface area (Å²) in [5, 5.41) is 11.9. The molecule has 1 atom stereocenters. The molecule has 1 fully saturated rings. The number of nitrogens with zero attached hydrogens (tertiary/aromatic N) is 4. The van der Waals surface area contributed by atoms with Gasteiger partial charge in [-0.25, -0.2) is 4.98 Å². The Morgan fingerprint density at radius 2 is 2.19 bits per heavy atom. The number of oxime groups is 1. The van der Waals surface area contributed by atoms with Crippen molar-refractivity contribution >= 4 is 11.7 Å². The van der Waals surface area contributed by atoms with E-state index in [1.807, 2.05) is 6.92 Å². The fraction of sp³-hybridized carbons (Fsp3) is 0.615. The van der Waals surface area contributed by atoms with E-state index in [-0.39, 0.29) is 17.8 Å². The van der Waals surface area contributed by atoms with Gasteiger partial charge in [0.25, 0.3) is 5.91 Å². The number of oxazole rings is 1.